The van der Waals surface area contributed by atoms with E-state index >= 15 is 0 Å². The Labute approximate surface area is 224 Å². The van der Waals surface area contributed by atoms with Crippen LogP contribution in [0.15, 0.2) is 58.3 Å². The first-order valence-electron chi connectivity index (χ1n) is 11.6. The smallest absolute Gasteiger partial charge is 0.266 e. The molecule has 2 aromatic rings. The highest BCUT2D eigenvalue weighted by Gasteiger charge is 2.33. The topological polar surface area (TPSA) is 96.0 Å². The Morgan fingerprint density at radius 1 is 1.14 bits per heavy atom. The molecule has 196 valence electrons. The Kier molecular flexibility index (Phi) is 8.44. The Balaban J connectivity index is 1.33. The molecule has 0 aliphatic carbocycles. The van der Waals surface area contributed by atoms with E-state index in [2.05, 4.69) is 5.32 Å². The van der Waals surface area contributed by atoms with Crippen LogP contribution >= 0.6 is 24.0 Å². The molecular formula is C25H26FN3O5S3. The number of hydrogen-bond donors (Lipinski definition) is 1. The molecule has 2 saturated heterocycles. The average molecular weight is 564 g/mol. The third kappa shape index (κ3) is 6.63. The maximum atomic E-state index is 13.1. The number of nitrogens with one attached hydrogen (secondary N) is 1. The zero-order valence-corrected chi connectivity index (χ0v) is 22.7. The molecule has 2 aliphatic rings. The summed E-state index contributed by atoms with van der Waals surface area (Å²) < 4.78 is 46.5. The van der Waals surface area contributed by atoms with Gasteiger partial charge in [-0.15, -0.1) is 0 Å². The van der Waals surface area contributed by atoms with Gasteiger partial charge in [0.05, 0.1) is 22.0 Å². The molecule has 2 atom stereocenters. The quantitative estimate of drug-likeness (QED) is 0.404. The largest absolute Gasteiger partial charge is 0.373 e. The van der Waals surface area contributed by atoms with E-state index in [4.69, 9.17) is 17.0 Å². The number of sulfonamides is 1. The van der Waals surface area contributed by atoms with Gasteiger partial charge in [0, 0.05) is 31.7 Å². The zero-order chi connectivity index (χ0) is 26.7. The molecule has 2 aromatic carbocycles. The number of hydrogen-bond acceptors (Lipinski definition) is 7. The predicted octanol–water partition coefficient (Wildman–Crippen LogP) is 3.85. The summed E-state index contributed by atoms with van der Waals surface area (Å²) in [5.41, 5.74) is 1.11. The summed E-state index contributed by atoms with van der Waals surface area (Å²) in [6, 6.07) is 11.7. The zero-order valence-electron chi connectivity index (χ0n) is 20.2. The summed E-state index contributed by atoms with van der Waals surface area (Å²) >= 11 is 6.42. The maximum absolute atomic E-state index is 13.1. The summed E-state index contributed by atoms with van der Waals surface area (Å²) in [6.45, 7) is 4.32. The van der Waals surface area contributed by atoms with Gasteiger partial charge < -0.3 is 10.1 Å². The highest BCUT2D eigenvalue weighted by atomic mass is 32.2. The number of thioether (sulfide) groups is 1. The molecule has 0 radical (unpaired) electrons. The van der Waals surface area contributed by atoms with Gasteiger partial charge in [-0.1, -0.05) is 36.1 Å². The summed E-state index contributed by atoms with van der Waals surface area (Å²) in [7, 11) is -3.68. The van der Waals surface area contributed by atoms with Crippen LogP contribution in [-0.4, -0.2) is 65.6 Å². The molecule has 12 heteroatoms. The second-order valence-electron chi connectivity index (χ2n) is 8.79. The van der Waals surface area contributed by atoms with Gasteiger partial charge in [-0.2, -0.15) is 4.31 Å². The van der Waals surface area contributed by atoms with Crippen molar-refractivity contribution in [1.82, 2.24) is 9.21 Å². The van der Waals surface area contributed by atoms with Crippen LogP contribution < -0.4 is 5.32 Å². The molecule has 0 aromatic heterocycles. The lowest BCUT2D eigenvalue weighted by Gasteiger charge is -2.34. The fourth-order valence-electron chi connectivity index (χ4n) is 4.03. The van der Waals surface area contributed by atoms with E-state index < -0.39 is 10.0 Å². The number of morpholine rings is 1. The maximum Gasteiger partial charge on any atom is 0.266 e. The summed E-state index contributed by atoms with van der Waals surface area (Å²) in [6.07, 6.45) is 1.24. The van der Waals surface area contributed by atoms with Gasteiger partial charge in [0.25, 0.3) is 5.91 Å². The molecule has 4 rings (SSSR count). The van der Waals surface area contributed by atoms with Gasteiger partial charge >= 0.3 is 0 Å². The van der Waals surface area contributed by atoms with Crippen molar-refractivity contribution in [2.24, 2.45) is 0 Å². The van der Waals surface area contributed by atoms with Gasteiger partial charge in [0.2, 0.25) is 15.9 Å². The Morgan fingerprint density at radius 3 is 2.38 bits per heavy atom. The van der Waals surface area contributed by atoms with Gasteiger partial charge in [0.15, 0.2) is 0 Å². The average Bonchev–Trinajstić information content (AvgIpc) is 3.11. The molecule has 2 aliphatic heterocycles. The first-order valence-corrected chi connectivity index (χ1v) is 14.3. The minimum absolute atomic E-state index is 0.000126. The van der Waals surface area contributed by atoms with Crippen molar-refractivity contribution in [2.75, 3.05) is 25.0 Å². The molecule has 2 fully saturated rings. The van der Waals surface area contributed by atoms with Crippen molar-refractivity contribution >= 4 is 61.9 Å². The second kappa shape index (κ2) is 11.4. The fourth-order valence-corrected chi connectivity index (χ4v) is 6.93. The van der Waals surface area contributed by atoms with Crippen LogP contribution in [-0.2, 0) is 24.3 Å². The van der Waals surface area contributed by atoms with Crippen LogP contribution in [0.1, 0.15) is 25.8 Å². The summed E-state index contributed by atoms with van der Waals surface area (Å²) in [5, 5.41) is 2.72. The molecule has 1 N–H and O–H groups in total. The van der Waals surface area contributed by atoms with E-state index in [0.29, 0.717) is 20.5 Å². The minimum atomic E-state index is -3.68. The lowest BCUT2D eigenvalue weighted by molar-refractivity contribution is -0.122. The van der Waals surface area contributed by atoms with Gasteiger partial charge in [-0.25, -0.2) is 12.8 Å². The van der Waals surface area contributed by atoms with Gasteiger partial charge in [-0.3, -0.25) is 14.5 Å². The molecule has 0 saturated carbocycles. The first-order chi connectivity index (χ1) is 17.5. The number of anilines is 1. The van der Waals surface area contributed by atoms with Crippen LogP contribution in [0.4, 0.5) is 10.1 Å². The van der Waals surface area contributed by atoms with Crippen molar-refractivity contribution in [3.8, 4) is 0 Å². The molecule has 0 spiro atoms. The number of rotatable bonds is 7. The van der Waals surface area contributed by atoms with Gasteiger partial charge in [-0.05, 0) is 61.9 Å². The number of benzene rings is 2. The predicted molar refractivity (Wildman–Crippen MR) is 145 cm³/mol. The van der Waals surface area contributed by atoms with E-state index in [-0.39, 0.29) is 60.8 Å². The van der Waals surface area contributed by atoms with Gasteiger partial charge in [0.1, 0.15) is 10.1 Å². The summed E-state index contributed by atoms with van der Waals surface area (Å²) in [5.74, 6) is -1.02. The molecule has 2 heterocycles. The molecule has 0 bridgehead atoms. The lowest BCUT2D eigenvalue weighted by Crippen LogP contribution is -2.48. The Bertz CT molecular complexity index is 1320. The third-order valence-electron chi connectivity index (χ3n) is 5.77. The van der Waals surface area contributed by atoms with Crippen molar-refractivity contribution in [3.63, 3.8) is 0 Å². The number of carbonyl (C=O) groups is 2. The highest BCUT2D eigenvalue weighted by molar-refractivity contribution is 8.26. The lowest BCUT2D eigenvalue weighted by atomic mass is 10.2. The number of carbonyl (C=O) groups excluding carboxylic acids is 2. The van der Waals surface area contributed by atoms with E-state index in [1.165, 1.54) is 45.6 Å². The number of amides is 2. The molecule has 37 heavy (non-hydrogen) atoms. The van der Waals surface area contributed by atoms with Crippen LogP contribution in [0.3, 0.4) is 0 Å². The standard InChI is InChI=1S/C25H26FN3O5S3/c1-16-14-28(15-17(2)34-16)37(32,33)21-9-7-20(8-10-21)27-23(30)11-12-29-24(31)22(36-25(29)35)13-18-3-5-19(26)6-4-18/h3-10,13,16-17H,11-12,14-15H2,1-2H3,(H,27,30)/b22-13-. The Hall–Kier alpha value is -2.64. The van der Waals surface area contributed by atoms with Crippen LogP contribution in [0, 0.1) is 5.82 Å². The van der Waals surface area contributed by atoms with E-state index in [1.807, 2.05) is 13.8 Å². The highest BCUT2D eigenvalue weighted by Crippen LogP contribution is 2.32. The fraction of sp³-hybridized carbons (Fsp3) is 0.320. The van der Waals surface area contributed by atoms with E-state index in [0.717, 1.165) is 11.8 Å². The van der Waals surface area contributed by atoms with Crippen molar-refractivity contribution < 1.29 is 27.1 Å². The minimum Gasteiger partial charge on any atom is -0.373 e. The molecular weight excluding hydrogens is 537 g/mol. The van der Waals surface area contributed by atoms with Crippen LogP contribution in [0.2, 0.25) is 0 Å². The van der Waals surface area contributed by atoms with Crippen molar-refractivity contribution in [1.29, 1.82) is 0 Å². The number of halogens is 1. The number of thiocarbonyl (C=S) groups is 1. The normalized spacial score (nSPS) is 22.0. The van der Waals surface area contributed by atoms with E-state index in [9.17, 15) is 22.4 Å². The number of nitrogens with zero attached hydrogens (tertiary/aromatic N) is 2. The molecule has 8 nitrogen and oxygen atoms in total. The third-order valence-corrected chi connectivity index (χ3v) is 8.99. The van der Waals surface area contributed by atoms with Crippen molar-refractivity contribution in [3.05, 3.63) is 64.8 Å². The number of ether oxygens (including phenoxy) is 1. The van der Waals surface area contributed by atoms with Crippen LogP contribution in [0.25, 0.3) is 6.08 Å². The van der Waals surface area contributed by atoms with Crippen molar-refractivity contribution in [2.45, 2.75) is 37.4 Å². The second-order valence-corrected chi connectivity index (χ2v) is 12.4. The Morgan fingerprint density at radius 2 is 1.76 bits per heavy atom. The monoisotopic (exact) mass is 563 g/mol. The molecule has 2 amide bonds. The summed E-state index contributed by atoms with van der Waals surface area (Å²) in [4.78, 5) is 27.1. The molecule has 2 unspecified atom stereocenters. The van der Waals surface area contributed by atoms with Crippen LogP contribution in [0.5, 0.6) is 0 Å². The van der Waals surface area contributed by atoms with E-state index in [1.54, 1.807) is 18.2 Å². The first kappa shape index (κ1) is 27.4. The SMILES string of the molecule is CC1CN(S(=O)(=O)c2ccc(NC(=O)CCN3C(=O)/C(=C/c4ccc(F)cc4)SC3=S)cc2)CC(C)O1.